The second-order valence-electron chi connectivity index (χ2n) is 8.77. The van der Waals surface area contributed by atoms with Gasteiger partial charge in [-0.3, -0.25) is 0 Å². The van der Waals surface area contributed by atoms with E-state index in [9.17, 15) is 4.32 Å². The Hall–Kier alpha value is -4.07. The Labute approximate surface area is 254 Å². The fourth-order valence-corrected chi connectivity index (χ4v) is 8.36. The second-order valence-corrected chi connectivity index (χ2v) is 12.8. The van der Waals surface area contributed by atoms with E-state index in [0.29, 0.717) is 0 Å². The molecule has 0 radical (unpaired) electrons. The zero-order valence-corrected chi connectivity index (χ0v) is 24.5. The van der Waals surface area contributed by atoms with Gasteiger partial charge in [-0.15, -0.1) is 0 Å². The first-order valence-corrected chi connectivity index (χ1v) is 15.8. The van der Waals surface area contributed by atoms with Crippen molar-refractivity contribution in [3.05, 3.63) is 182 Å². The number of hydrogen-bond acceptors (Lipinski definition) is 2. The first-order valence-electron chi connectivity index (χ1n) is 13.4. The lowest BCUT2D eigenvalue weighted by atomic mass is 10.3. The molecule has 208 valence electrons. The monoisotopic (exact) mass is 588 g/mol. The van der Waals surface area contributed by atoms with Crippen LogP contribution in [0.5, 0.6) is 0 Å². The molecule has 0 atom stereocenters. The highest BCUT2D eigenvalue weighted by atomic mass is 32.2. The fraction of sp³-hybridized carbons (Fsp3) is 0. The maximum atomic E-state index is 9.89. The Morgan fingerprint density at radius 1 is 0.310 bits per heavy atom. The number of halogens is 1. The summed E-state index contributed by atoms with van der Waals surface area (Å²) in [6.45, 7) is 0. The van der Waals surface area contributed by atoms with Gasteiger partial charge in [-0.05, 0) is 72.8 Å². The van der Waals surface area contributed by atoms with Gasteiger partial charge < -0.3 is 14.4 Å². The highest BCUT2D eigenvalue weighted by molar-refractivity contribution is 7.97. The van der Waals surface area contributed by atoms with Crippen molar-refractivity contribution in [1.29, 1.82) is 0 Å². The van der Waals surface area contributed by atoms with Gasteiger partial charge in [0.25, 0.3) is 0 Å². The van der Waals surface area contributed by atoms with Gasteiger partial charge in [-0.25, -0.2) is 0 Å². The summed E-state index contributed by atoms with van der Waals surface area (Å²) in [4.78, 5) is 8.17. The SMILES string of the molecule is [O-]B([O-])F.c1ccc([S+](c2ccccc2)c2ccccc2)cc1.c1ccc([S+](c2ccccc2)c2ccccc2)cc1. The minimum Gasteiger partial charge on any atom is -0.867 e. The van der Waals surface area contributed by atoms with E-state index in [1.54, 1.807) is 0 Å². The molecule has 42 heavy (non-hydrogen) atoms. The molecule has 0 fully saturated rings. The lowest BCUT2D eigenvalue weighted by molar-refractivity contribution is -0.366. The van der Waals surface area contributed by atoms with Gasteiger partial charge in [0.05, 0.1) is 21.8 Å². The molecule has 6 rings (SSSR count). The molecule has 6 aromatic carbocycles. The zero-order chi connectivity index (χ0) is 29.4. The van der Waals surface area contributed by atoms with Crippen molar-refractivity contribution in [2.45, 2.75) is 29.4 Å². The van der Waals surface area contributed by atoms with E-state index in [-0.39, 0.29) is 21.8 Å². The van der Waals surface area contributed by atoms with Crippen LogP contribution in [-0.2, 0) is 21.8 Å². The van der Waals surface area contributed by atoms with E-state index in [1.807, 2.05) is 0 Å². The molecule has 0 heterocycles. The van der Waals surface area contributed by atoms with E-state index in [0.717, 1.165) is 0 Å². The highest BCUT2D eigenvalue weighted by Crippen LogP contribution is 2.31. The molecule has 0 aromatic heterocycles. The van der Waals surface area contributed by atoms with Crippen LogP contribution in [0.25, 0.3) is 0 Å². The van der Waals surface area contributed by atoms with Crippen LogP contribution in [0.3, 0.4) is 0 Å². The largest absolute Gasteiger partial charge is 0.867 e. The molecule has 2 nitrogen and oxygen atoms in total. The van der Waals surface area contributed by atoms with E-state index in [2.05, 4.69) is 182 Å². The van der Waals surface area contributed by atoms with Gasteiger partial charge in [0.15, 0.2) is 29.4 Å². The molecule has 0 unspecified atom stereocenters. The standard InChI is InChI=1S/2C18H15S.BFO2/c2*1-4-10-16(11-5-1)19(17-12-6-2-7-13-17)18-14-8-3-9-15-18;2-1(3)4/h2*1-15H;/q2*+1;-2. The Morgan fingerprint density at radius 2 is 0.429 bits per heavy atom. The Morgan fingerprint density at radius 3 is 0.548 bits per heavy atom. The van der Waals surface area contributed by atoms with Crippen LogP contribution in [0.1, 0.15) is 0 Å². The summed E-state index contributed by atoms with van der Waals surface area (Å²) in [5.74, 6) is 0. The van der Waals surface area contributed by atoms with Gasteiger partial charge in [0, 0.05) is 0 Å². The predicted molar refractivity (Wildman–Crippen MR) is 170 cm³/mol. The molecule has 0 aliphatic rings. The van der Waals surface area contributed by atoms with Crippen molar-refractivity contribution in [3.63, 3.8) is 0 Å². The molecular formula is C36H30BFO2S2. The van der Waals surface area contributed by atoms with Crippen LogP contribution in [0.15, 0.2) is 211 Å². The maximum Gasteiger partial charge on any atom is 0.166 e. The molecule has 0 spiro atoms. The van der Waals surface area contributed by atoms with Crippen molar-refractivity contribution in [1.82, 2.24) is 0 Å². The molecule has 0 bridgehead atoms. The van der Waals surface area contributed by atoms with Gasteiger partial charge >= 0.3 is 0 Å². The smallest absolute Gasteiger partial charge is 0.166 e. The van der Waals surface area contributed by atoms with Crippen LogP contribution >= 0.6 is 0 Å². The third-order valence-electron chi connectivity index (χ3n) is 5.87. The first-order chi connectivity index (χ1) is 20.6. The number of hydrogen-bond donors (Lipinski definition) is 0. The van der Waals surface area contributed by atoms with E-state index in [4.69, 9.17) is 10.0 Å². The third kappa shape index (κ3) is 9.50. The van der Waals surface area contributed by atoms with Crippen LogP contribution in [-0.4, -0.2) is 7.40 Å². The molecule has 0 saturated carbocycles. The minimum absolute atomic E-state index is 0.0146. The summed E-state index contributed by atoms with van der Waals surface area (Å²) >= 11 is 0. The van der Waals surface area contributed by atoms with Crippen LogP contribution in [0.4, 0.5) is 4.32 Å². The molecule has 0 saturated heterocycles. The summed E-state index contributed by atoms with van der Waals surface area (Å²) < 4.78 is 9.89. The molecule has 6 heteroatoms. The first kappa shape index (κ1) is 30.9. The number of rotatable bonds is 6. The van der Waals surface area contributed by atoms with Crippen molar-refractivity contribution in [3.8, 4) is 0 Å². The van der Waals surface area contributed by atoms with Gasteiger partial charge in [0.1, 0.15) is 7.40 Å². The molecular weight excluding hydrogens is 558 g/mol. The summed E-state index contributed by atoms with van der Waals surface area (Å²) in [5, 5.41) is 16.6. The Balaban J connectivity index is 0.000000171. The maximum absolute atomic E-state index is 9.89. The molecule has 0 N–H and O–H groups in total. The van der Waals surface area contributed by atoms with Crippen LogP contribution in [0, 0.1) is 0 Å². The third-order valence-corrected chi connectivity index (χ3v) is 10.3. The molecule has 6 aromatic rings. The summed E-state index contributed by atoms with van der Waals surface area (Å²) in [7, 11) is -3.20. The van der Waals surface area contributed by atoms with Crippen molar-refractivity contribution in [2.24, 2.45) is 0 Å². The van der Waals surface area contributed by atoms with E-state index >= 15 is 0 Å². The zero-order valence-electron chi connectivity index (χ0n) is 22.9. The van der Waals surface area contributed by atoms with Gasteiger partial charge in [-0.1, -0.05) is 109 Å². The van der Waals surface area contributed by atoms with Crippen LogP contribution < -0.4 is 10.0 Å². The average Bonchev–Trinajstić information content (AvgIpc) is 3.05. The van der Waals surface area contributed by atoms with Crippen LogP contribution in [0.2, 0.25) is 0 Å². The highest BCUT2D eigenvalue weighted by Gasteiger charge is 2.28. The summed E-state index contributed by atoms with van der Waals surface area (Å²) in [5.41, 5.74) is 0. The number of benzene rings is 6. The minimum atomic E-state index is -3.17. The van der Waals surface area contributed by atoms with Gasteiger partial charge in [0.2, 0.25) is 0 Å². The summed E-state index contributed by atoms with van der Waals surface area (Å²) in [6.07, 6.45) is 0. The van der Waals surface area contributed by atoms with Crippen molar-refractivity contribution < 1.29 is 14.4 Å². The van der Waals surface area contributed by atoms with E-state index in [1.165, 1.54) is 29.4 Å². The quantitative estimate of drug-likeness (QED) is 0.152. The molecule has 0 aliphatic heterocycles. The average molecular weight is 589 g/mol. The normalized spacial score (nSPS) is 10.2. The van der Waals surface area contributed by atoms with Gasteiger partial charge in [-0.2, -0.15) is 0 Å². The summed E-state index contributed by atoms with van der Waals surface area (Å²) in [6, 6.07) is 64.3. The lowest BCUT2D eigenvalue weighted by Crippen LogP contribution is -2.39. The van der Waals surface area contributed by atoms with E-state index < -0.39 is 7.40 Å². The topological polar surface area (TPSA) is 46.1 Å². The van der Waals surface area contributed by atoms with Crippen molar-refractivity contribution >= 4 is 29.2 Å². The van der Waals surface area contributed by atoms with Crippen molar-refractivity contribution in [2.75, 3.05) is 0 Å². The molecule has 0 aliphatic carbocycles. The Kier molecular flexibility index (Phi) is 12.5. The molecule has 0 amide bonds. The Bertz CT molecular complexity index is 1240. The lowest BCUT2D eigenvalue weighted by Gasteiger charge is -2.09. The fourth-order valence-electron chi connectivity index (χ4n) is 4.16. The second kappa shape index (κ2) is 17.0. The predicted octanol–water partition coefficient (Wildman–Crippen LogP) is 7.23.